The van der Waals surface area contributed by atoms with Crippen molar-refractivity contribution < 1.29 is 14.3 Å². The Balaban J connectivity index is 1.46. The molecule has 0 fully saturated rings. The SMILES string of the molecule is COc1ccccc1OCC(=O)Nc1nc2scc(-c3ccc(Cl)cc3)n2n1. The quantitative estimate of drug-likeness (QED) is 0.513. The Hall–Kier alpha value is -3.10. The van der Waals surface area contributed by atoms with Crippen molar-refractivity contribution in [3.05, 3.63) is 58.9 Å². The molecule has 0 aliphatic carbocycles. The van der Waals surface area contributed by atoms with Gasteiger partial charge < -0.3 is 9.47 Å². The highest BCUT2D eigenvalue weighted by Crippen LogP contribution is 2.27. The standard InChI is InChI=1S/C19H15ClN4O3S/c1-26-15-4-2-3-5-16(15)27-10-17(25)21-18-22-19-24(23-18)14(11-28-19)12-6-8-13(20)9-7-12/h2-9,11H,10H2,1H3,(H,21,23,25). The lowest BCUT2D eigenvalue weighted by atomic mass is 10.2. The van der Waals surface area contributed by atoms with Gasteiger partial charge in [-0.3, -0.25) is 10.1 Å². The minimum absolute atomic E-state index is 0.183. The maximum Gasteiger partial charge on any atom is 0.264 e. The molecule has 0 aliphatic rings. The third kappa shape index (κ3) is 3.78. The summed E-state index contributed by atoms with van der Waals surface area (Å²) in [6.07, 6.45) is 0. The number of benzene rings is 2. The van der Waals surface area contributed by atoms with Gasteiger partial charge in [0.1, 0.15) is 0 Å². The molecule has 0 saturated carbocycles. The number of anilines is 1. The highest BCUT2D eigenvalue weighted by Gasteiger charge is 2.14. The van der Waals surface area contributed by atoms with Crippen molar-refractivity contribution in [2.45, 2.75) is 0 Å². The number of nitrogens with zero attached hydrogens (tertiary/aromatic N) is 3. The van der Waals surface area contributed by atoms with Crippen molar-refractivity contribution in [3.63, 3.8) is 0 Å². The number of fused-ring (bicyclic) bond motifs is 1. The fraction of sp³-hybridized carbons (Fsp3) is 0.105. The van der Waals surface area contributed by atoms with E-state index in [0.717, 1.165) is 11.3 Å². The van der Waals surface area contributed by atoms with Gasteiger partial charge in [-0.1, -0.05) is 35.9 Å². The van der Waals surface area contributed by atoms with Crippen LogP contribution in [0.5, 0.6) is 11.5 Å². The van der Waals surface area contributed by atoms with Crippen molar-refractivity contribution in [1.29, 1.82) is 0 Å². The number of carbonyl (C=O) groups is 1. The van der Waals surface area contributed by atoms with Gasteiger partial charge in [0.25, 0.3) is 11.9 Å². The van der Waals surface area contributed by atoms with Crippen LogP contribution in [-0.2, 0) is 4.79 Å². The van der Waals surface area contributed by atoms with Gasteiger partial charge >= 0.3 is 0 Å². The predicted octanol–water partition coefficient (Wildman–Crippen LogP) is 4.14. The molecule has 9 heteroatoms. The van der Waals surface area contributed by atoms with E-state index in [9.17, 15) is 4.79 Å². The smallest absolute Gasteiger partial charge is 0.264 e. The van der Waals surface area contributed by atoms with Crippen LogP contribution < -0.4 is 14.8 Å². The third-order valence-corrected chi connectivity index (χ3v) is 4.97. The number of thiazole rings is 1. The molecule has 0 bridgehead atoms. The Bertz CT molecular complexity index is 1120. The Morgan fingerprint density at radius 3 is 2.68 bits per heavy atom. The van der Waals surface area contributed by atoms with Crippen molar-refractivity contribution in [3.8, 4) is 22.8 Å². The summed E-state index contributed by atoms with van der Waals surface area (Å²) in [5.41, 5.74) is 1.83. The molecule has 1 N–H and O–H groups in total. The fourth-order valence-corrected chi connectivity index (χ4v) is 3.55. The summed E-state index contributed by atoms with van der Waals surface area (Å²) in [5, 5.41) is 9.64. The zero-order valence-electron chi connectivity index (χ0n) is 14.8. The summed E-state index contributed by atoms with van der Waals surface area (Å²) in [4.78, 5) is 17.2. The number of nitrogens with one attached hydrogen (secondary N) is 1. The van der Waals surface area contributed by atoms with Crippen LogP contribution in [0.3, 0.4) is 0 Å². The normalized spacial score (nSPS) is 10.8. The van der Waals surface area contributed by atoms with Gasteiger partial charge in [0.2, 0.25) is 4.96 Å². The van der Waals surface area contributed by atoms with Gasteiger partial charge in [0.05, 0.1) is 12.8 Å². The number of rotatable bonds is 6. The van der Waals surface area contributed by atoms with E-state index in [2.05, 4.69) is 15.4 Å². The second-order valence-electron chi connectivity index (χ2n) is 5.75. The number of amides is 1. The van der Waals surface area contributed by atoms with Gasteiger partial charge in [0.15, 0.2) is 18.1 Å². The first kappa shape index (κ1) is 18.3. The number of aromatic nitrogens is 3. The van der Waals surface area contributed by atoms with E-state index in [0.29, 0.717) is 21.5 Å². The Morgan fingerprint density at radius 1 is 1.18 bits per heavy atom. The zero-order chi connectivity index (χ0) is 19.5. The van der Waals surface area contributed by atoms with Crippen molar-refractivity contribution >= 4 is 39.8 Å². The number of hydrogen-bond donors (Lipinski definition) is 1. The first-order valence-electron chi connectivity index (χ1n) is 8.30. The highest BCUT2D eigenvalue weighted by atomic mass is 35.5. The summed E-state index contributed by atoms with van der Waals surface area (Å²) in [5.74, 6) is 0.903. The van der Waals surface area contributed by atoms with E-state index in [-0.39, 0.29) is 18.5 Å². The molecule has 0 spiro atoms. The largest absolute Gasteiger partial charge is 0.493 e. The molecule has 28 heavy (non-hydrogen) atoms. The molecule has 4 aromatic rings. The number of hydrogen-bond acceptors (Lipinski definition) is 6. The summed E-state index contributed by atoms with van der Waals surface area (Å²) in [7, 11) is 1.54. The predicted molar refractivity (Wildman–Crippen MR) is 108 cm³/mol. The number of methoxy groups -OCH3 is 1. The van der Waals surface area contributed by atoms with Gasteiger partial charge in [-0.25, -0.2) is 4.52 Å². The molecule has 7 nitrogen and oxygen atoms in total. The molecule has 2 heterocycles. The van der Waals surface area contributed by atoms with E-state index >= 15 is 0 Å². The highest BCUT2D eigenvalue weighted by molar-refractivity contribution is 7.15. The van der Waals surface area contributed by atoms with Crippen LogP contribution in [0, 0.1) is 0 Å². The van der Waals surface area contributed by atoms with Crippen molar-refractivity contribution in [2.75, 3.05) is 19.0 Å². The average Bonchev–Trinajstić information content (AvgIpc) is 3.27. The molecule has 0 unspecified atom stereocenters. The van der Waals surface area contributed by atoms with Crippen LogP contribution in [-0.4, -0.2) is 34.2 Å². The second-order valence-corrected chi connectivity index (χ2v) is 7.02. The van der Waals surface area contributed by atoms with Gasteiger partial charge in [-0.2, -0.15) is 4.98 Å². The maximum atomic E-state index is 12.2. The molecule has 2 aromatic heterocycles. The Morgan fingerprint density at radius 2 is 1.93 bits per heavy atom. The second kappa shape index (κ2) is 7.87. The molecular weight excluding hydrogens is 400 g/mol. The van der Waals surface area contributed by atoms with Crippen LogP contribution in [0.25, 0.3) is 16.2 Å². The van der Waals surface area contributed by atoms with E-state index < -0.39 is 0 Å². The van der Waals surface area contributed by atoms with Crippen LogP contribution in [0.15, 0.2) is 53.9 Å². The minimum atomic E-state index is -0.364. The van der Waals surface area contributed by atoms with E-state index in [4.69, 9.17) is 21.1 Å². The summed E-state index contributed by atoms with van der Waals surface area (Å²) < 4.78 is 12.4. The number of carbonyl (C=O) groups excluding carboxylic acids is 1. The van der Waals surface area contributed by atoms with Crippen molar-refractivity contribution in [1.82, 2.24) is 14.6 Å². The molecule has 1 amide bonds. The third-order valence-electron chi connectivity index (χ3n) is 3.90. The zero-order valence-corrected chi connectivity index (χ0v) is 16.3. The van der Waals surface area contributed by atoms with Gasteiger partial charge in [-0.05, 0) is 24.3 Å². The first-order valence-corrected chi connectivity index (χ1v) is 9.55. The van der Waals surface area contributed by atoms with Gasteiger partial charge in [-0.15, -0.1) is 16.4 Å². The molecule has 2 aromatic carbocycles. The van der Waals surface area contributed by atoms with E-state index in [1.165, 1.54) is 11.3 Å². The van der Waals surface area contributed by atoms with Crippen LogP contribution in [0.2, 0.25) is 5.02 Å². The summed E-state index contributed by atoms with van der Waals surface area (Å²) >= 11 is 7.38. The monoisotopic (exact) mass is 414 g/mol. The Labute approximate surface area is 169 Å². The van der Waals surface area contributed by atoms with Crippen LogP contribution in [0.4, 0.5) is 5.95 Å². The molecule has 142 valence electrons. The number of halogens is 1. The molecule has 0 radical (unpaired) electrons. The van der Waals surface area contributed by atoms with E-state index in [1.54, 1.807) is 29.8 Å². The lowest BCUT2D eigenvalue weighted by Crippen LogP contribution is -2.21. The lowest BCUT2D eigenvalue weighted by molar-refractivity contribution is -0.118. The fourth-order valence-electron chi connectivity index (χ4n) is 2.60. The van der Waals surface area contributed by atoms with Gasteiger partial charge in [0, 0.05) is 16.0 Å². The number of ether oxygens (including phenoxy) is 2. The molecule has 0 saturated heterocycles. The summed E-state index contributed by atoms with van der Waals surface area (Å²) in [6, 6.07) is 14.6. The van der Waals surface area contributed by atoms with Crippen LogP contribution in [0.1, 0.15) is 0 Å². The molecule has 4 rings (SSSR count). The number of para-hydroxylation sites is 2. The minimum Gasteiger partial charge on any atom is -0.493 e. The molecular formula is C19H15ClN4O3S. The molecule has 0 atom stereocenters. The Kier molecular flexibility index (Phi) is 5.14. The van der Waals surface area contributed by atoms with E-state index in [1.807, 2.05) is 35.7 Å². The maximum absolute atomic E-state index is 12.2. The van der Waals surface area contributed by atoms with Crippen molar-refractivity contribution in [2.24, 2.45) is 0 Å². The topological polar surface area (TPSA) is 77.8 Å². The van der Waals surface area contributed by atoms with Crippen LogP contribution >= 0.6 is 22.9 Å². The average molecular weight is 415 g/mol. The molecule has 0 aliphatic heterocycles. The first-order chi connectivity index (χ1) is 13.6. The summed E-state index contributed by atoms with van der Waals surface area (Å²) in [6.45, 7) is -0.183. The lowest BCUT2D eigenvalue weighted by Gasteiger charge is -2.09.